The van der Waals surface area contributed by atoms with Gasteiger partial charge in [0.15, 0.2) is 0 Å². The van der Waals surface area contributed by atoms with E-state index in [0.717, 1.165) is 60.6 Å². The van der Waals surface area contributed by atoms with Crippen molar-refractivity contribution in [2.24, 2.45) is 29.6 Å². The van der Waals surface area contributed by atoms with Crippen LogP contribution >= 0.6 is 0 Å². The van der Waals surface area contributed by atoms with Gasteiger partial charge >= 0.3 is 6.18 Å². The van der Waals surface area contributed by atoms with Crippen LogP contribution < -0.4 is 0 Å². The maximum absolute atomic E-state index is 14.0. The van der Waals surface area contributed by atoms with E-state index in [1.807, 2.05) is 0 Å². The van der Waals surface area contributed by atoms with Gasteiger partial charge in [-0.3, -0.25) is 0 Å². The summed E-state index contributed by atoms with van der Waals surface area (Å²) >= 11 is 0. The van der Waals surface area contributed by atoms with Crippen LogP contribution in [0, 0.1) is 35.4 Å². The second-order valence-electron chi connectivity index (χ2n) is 9.64. The van der Waals surface area contributed by atoms with Crippen LogP contribution in [-0.2, 0) is 6.18 Å². The third-order valence-electron chi connectivity index (χ3n) is 8.12. The fourth-order valence-electron chi connectivity index (χ4n) is 6.88. The fourth-order valence-corrected chi connectivity index (χ4v) is 6.88. The summed E-state index contributed by atoms with van der Waals surface area (Å²) in [5.41, 5.74) is -0.382. The molecule has 3 aliphatic rings. The van der Waals surface area contributed by atoms with Crippen LogP contribution in [0.15, 0.2) is 18.2 Å². The Morgan fingerprint density at radius 3 is 2.21 bits per heavy atom. The van der Waals surface area contributed by atoms with Gasteiger partial charge in [-0.1, -0.05) is 32.3 Å². The molecule has 0 bridgehead atoms. The molecule has 1 aromatic carbocycles. The Balaban J connectivity index is 1.42. The molecule has 3 aliphatic carbocycles. The second-order valence-corrected chi connectivity index (χ2v) is 9.64. The number of hydrogen-bond acceptors (Lipinski definition) is 0. The number of benzene rings is 1. The summed E-state index contributed by atoms with van der Waals surface area (Å²) in [6, 6.07) is 3.59. The first-order valence-corrected chi connectivity index (χ1v) is 11.2. The summed E-state index contributed by atoms with van der Waals surface area (Å²) in [6.07, 6.45) is 7.97. The highest BCUT2D eigenvalue weighted by Gasteiger charge is 2.44. The van der Waals surface area contributed by atoms with Crippen molar-refractivity contribution in [2.75, 3.05) is 0 Å². The van der Waals surface area contributed by atoms with Gasteiger partial charge in [-0.2, -0.15) is 13.2 Å². The predicted octanol–water partition coefficient (Wildman–Crippen LogP) is 7.97. The van der Waals surface area contributed by atoms with Crippen LogP contribution in [0.5, 0.6) is 0 Å². The van der Waals surface area contributed by atoms with Crippen molar-refractivity contribution in [3.05, 3.63) is 35.1 Å². The first-order chi connectivity index (χ1) is 13.4. The zero-order chi connectivity index (χ0) is 19.9. The topological polar surface area (TPSA) is 0 Å². The lowest BCUT2D eigenvalue weighted by molar-refractivity contribution is -0.140. The average molecular weight is 397 g/mol. The van der Waals surface area contributed by atoms with Crippen molar-refractivity contribution in [3.8, 4) is 0 Å². The zero-order valence-corrected chi connectivity index (χ0v) is 16.8. The van der Waals surface area contributed by atoms with Crippen LogP contribution in [0.25, 0.3) is 0 Å². The highest BCUT2D eigenvalue weighted by molar-refractivity contribution is 5.29. The molecule has 0 radical (unpaired) electrons. The maximum Gasteiger partial charge on any atom is 0.419 e. The molecule has 0 nitrogen and oxygen atoms in total. The number of alkyl halides is 3. The van der Waals surface area contributed by atoms with E-state index in [2.05, 4.69) is 6.92 Å². The van der Waals surface area contributed by atoms with E-state index >= 15 is 0 Å². The number of rotatable bonds is 3. The van der Waals surface area contributed by atoms with E-state index in [1.54, 1.807) is 0 Å². The van der Waals surface area contributed by atoms with Gasteiger partial charge in [0.2, 0.25) is 0 Å². The Morgan fingerprint density at radius 1 is 0.893 bits per heavy atom. The van der Waals surface area contributed by atoms with Crippen LogP contribution in [0.1, 0.15) is 88.2 Å². The lowest BCUT2D eigenvalue weighted by Gasteiger charge is -2.51. The van der Waals surface area contributed by atoms with Crippen molar-refractivity contribution in [1.29, 1.82) is 0 Å². The van der Waals surface area contributed by atoms with Crippen LogP contribution in [-0.4, -0.2) is 0 Å². The molecule has 6 unspecified atom stereocenters. The predicted molar refractivity (Wildman–Crippen MR) is 103 cm³/mol. The molecule has 0 amide bonds. The minimum absolute atomic E-state index is 0.214. The molecule has 6 atom stereocenters. The average Bonchev–Trinajstić information content (AvgIpc) is 2.66. The lowest BCUT2D eigenvalue weighted by atomic mass is 9.55. The molecule has 0 aliphatic heterocycles. The summed E-state index contributed by atoms with van der Waals surface area (Å²) in [4.78, 5) is 0. The third-order valence-corrected chi connectivity index (χ3v) is 8.12. The number of halogens is 4. The molecule has 4 heteroatoms. The van der Waals surface area contributed by atoms with E-state index in [1.165, 1.54) is 51.0 Å². The monoisotopic (exact) mass is 396 g/mol. The molecule has 1 aromatic rings. The first-order valence-electron chi connectivity index (χ1n) is 11.2. The van der Waals surface area contributed by atoms with Gasteiger partial charge in [-0.15, -0.1) is 0 Å². The maximum atomic E-state index is 14.0. The van der Waals surface area contributed by atoms with Gasteiger partial charge in [-0.25, -0.2) is 4.39 Å². The van der Waals surface area contributed by atoms with Gasteiger partial charge in [0.1, 0.15) is 5.82 Å². The Labute approximate surface area is 166 Å². The molecule has 0 heterocycles. The van der Waals surface area contributed by atoms with E-state index in [0.29, 0.717) is 5.92 Å². The minimum Gasteiger partial charge on any atom is -0.206 e. The summed E-state index contributed by atoms with van der Waals surface area (Å²) in [7, 11) is 0. The van der Waals surface area contributed by atoms with E-state index in [-0.39, 0.29) is 5.92 Å². The van der Waals surface area contributed by atoms with Crippen molar-refractivity contribution in [2.45, 2.75) is 83.2 Å². The Bertz CT molecular complexity index is 680. The smallest absolute Gasteiger partial charge is 0.206 e. The molecule has 0 saturated heterocycles. The third kappa shape index (κ3) is 3.98. The van der Waals surface area contributed by atoms with Crippen molar-refractivity contribution < 1.29 is 17.6 Å². The second kappa shape index (κ2) is 7.99. The van der Waals surface area contributed by atoms with Crippen molar-refractivity contribution >= 4 is 0 Å². The SMILES string of the molecule is CCCC1CCC2C(CCC3CC(c4ccc(C(F)(F)F)c(F)c4)CCC32)C1. The minimum atomic E-state index is -4.62. The zero-order valence-electron chi connectivity index (χ0n) is 16.8. The van der Waals surface area contributed by atoms with E-state index in [4.69, 9.17) is 0 Å². The summed E-state index contributed by atoms with van der Waals surface area (Å²) in [6.45, 7) is 2.29. The quantitative estimate of drug-likeness (QED) is 0.454. The molecule has 3 fully saturated rings. The Morgan fingerprint density at radius 2 is 1.57 bits per heavy atom. The molecule has 156 valence electrons. The van der Waals surface area contributed by atoms with Crippen LogP contribution in [0.2, 0.25) is 0 Å². The molecule has 0 aromatic heterocycles. The first kappa shape index (κ1) is 20.2. The van der Waals surface area contributed by atoms with Crippen LogP contribution in [0.4, 0.5) is 17.6 Å². The molecule has 0 spiro atoms. The molecule has 4 rings (SSSR count). The lowest BCUT2D eigenvalue weighted by Crippen LogP contribution is -2.41. The van der Waals surface area contributed by atoms with E-state index in [9.17, 15) is 17.6 Å². The largest absolute Gasteiger partial charge is 0.419 e. The summed E-state index contributed by atoms with van der Waals surface area (Å²) < 4.78 is 52.5. The number of hydrogen-bond donors (Lipinski definition) is 0. The molecule has 0 N–H and O–H groups in total. The highest BCUT2D eigenvalue weighted by Crippen LogP contribution is 2.55. The van der Waals surface area contributed by atoms with Crippen LogP contribution in [0.3, 0.4) is 0 Å². The van der Waals surface area contributed by atoms with Crippen molar-refractivity contribution in [1.82, 2.24) is 0 Å². The summed E-state index contributed by atoms with van der Waals surface area (Å²) in [5, 5.41) is 0. The molecule has 3 saturated carbocycles. The van der Waals surface area contributed by atoms with Gasteiger partial charge in [-0.05, 0) is 98.1 Å². The Kier molecular flexibility index (Phi) is 5.77. The summed E-state index contributed by atoms with van der Waals surface area (Å²) in [5.74, 6) is 3.24. The normalized spacial score (nSPS) is 35.9. The van der Waals surface area contributed by atoms with E-state index < -0.39 is 17.6 Å². The van der Waals surface area contributed by atoms with Crippen molar-refractivity contribution in [3.63, 3.8) is 0 Å². The van der Waals surface area contributed by atoms with Gasteiger partial charge in [0.05, 0.1) is 5.56 Å². The standard InChI is InChI=1S/C24H32F4/c1-2-3-15-4-9-20-18(12-15)5-6-19-13-16(7-10-21(19)20)17-8-11-22(23(25)14-17)24(26,27)28/h8,11,14-16,18-21H,2-7,9-10,12-13H2,1H3. The van der Waals surface area contributed by atoms with Gasteiger partial charge < -0.3 is 0 Å². The Hall–Kier alpha value is -1.06. The molecular weight excluding hydrogens is 364 g/mol. The van der Waals surface area contributed by atoms with Gasteiger partial charge in [0, 0.05) is 0 Å². The van der Waals surface area contributed by atoms with Gasteiger partial charge in [0.25, 0.3) is 0 Å². The molecule has 28 heavy (non-hydrogen) atoms. The fraction of sp³-hybridized carbons (Fsp3) is 0.750. The highest BCUT2D eigenvalue weighted by atomic mass is 19.4. The molecular formula is C24H32F4. The number of fused-ring (bicyclic) bond motifs is 3.